The van der Waals surface area contributed by atoms with Crippen molar-refractivity contribution in [2.45, 2.75) is 50.6 Å². The van der Waals surface area contributed by atoms with E-state index in [2.05, 4.69) is 31.1 Å². The number of anilines is 3. The molecule has 0 bridgehead atoms. The number of carbonyl (C=O) groups excluding carboxylic acids is 1. The van der Waals surface area contributed by atoms with Crippen molar-refractivity contribution in [1.29, 1.82) is 0 Å². The molecule has 1 saturated carbocycles. The third-order valence-electron chi connectivity index (χ3n) is 7.34. The lowest BCUT2D eigenvalue weighted by Crippen LogP contribution is -2.40. The van der Waals surface area contributed by atoms with Gasteiger partial charge in [0.2, 0.25) is 11.8 Å². The van der Waals surface area contributed by atoms with Gasteiger partial charge in [-0.2, -0.15) is 4.98 Å². The van der Waals surface area contributed by atoms with Crippen molar-refractivity contribution < 1.29 is 14.3 Å². The van der Waals surface area contributed by atoms with Gasteiger partial charge in [-0.15, -0.1) is 10.2 Å². The third kappa shape index (κ3) is 4.47. The van der Waals surface area contributed by atoms with E-state index in [1.165, 1.54) is 6.42 Å². The van der Waals surface area contributed by atoms with Crippen LogP contribution in [0.5, 0.6) is 0 Å². The summed E-state index contributed by atoms with van der Waals surface area (Å²) in [7, 11) is 0. The van der Waals surface area contributed by atoms with E-state index in [9.17, 15) is 9.90 Å². The Labute approximate surface area is 219 Å². The van der Waals surface area contributed by atoms with Crippen LogP contribution in [0.2, 0.25) is 0 Å². The number of nitrogens with zero attached hydrogens (tertiary/aromatic N) is 4. The summed E-state index contributed by atoms with van der Waals surface area (Å²) in [4.78, 5) is 21.9. The molecule has 0 radical (unpaired) electrons. The second kappa shape index (κ2) is 9.86. The highest BCUT2D eigenvalue weighted by atomic mass is 16.4. The summed E-state index contributed by atoms with van der Waals surface area (Å²) < 4.78 is 5.65. The number of rotatable bonds is 7. The second-order valence-corrected chi connectivity index (χ2v) is 9.85. The van der Waals surface area contributed by atoms with Crippen LogP contribution >= 0.6 is 0 Å². The first kappa shape index (κ1) is 24.1. The average molecular weight is 512 g/mol. The normalized spacial score (nSPS) is 16.6. The smallest absolute Gasteiger partial charge is 0.253 e. The lowest BCUT2D eigenvalue weighted by atomic mass is 9.77. The number of nitrogens with one attached hydrogen (secondary N) is 3. The molecule has 1 atom stereocenters. The fourth-order valence-electron chi connectivity index (χ4n) is 5.45. The standard InChI is InChI=1S/C28H29N7O3/c1-17-34-35-26(38-17)21-15-29-27(32-24(21)31-23(16-36)18-8-4-2-5-9-18)30-19-10-11-20-22(14-19)28(33-25(20)37)12-6-3-7-13-28/h2,4-5,8-11,14-15,23,36H,3,6-7,12-13,16H2,1H3,(H,33,37)(H2,29,30,31,32)/t23-/m1/s1. The molecule has 10 heteroatoms. The van der Waals surface area contributed by atoms with Crippen LogP contribution in [-0.2, 0) is 5.54 Å². The molecule has 0 unspecified atom stereocenters. The summed E-state index contributed by atoms with van der Waals surface area (Å²) in [5.41, 5.74) is 3.70. The van der Waals surface area contributed by atoms with Crippen molar-refractivity contribution in [1.82, 2.24) is 25.5 Å². The number of aromatic nitrogens is 4. The average Bonchev–Trinajstić information content (AvgIpc) is 3.48. The predicted octanol–water partition coefficient (Wildman–Crippen LogP) is 4.63. The van der Waals surface area contributed by atoms with Gasteiger partial charge in [0.25, 0.3) is 11.8 Å². The maximum absolute atomic E-state index is 12.7. The molecule has 1 fully saturated rings. The summed E-state index contributed by atoms with van der Waals surface area (Å²) in [6.07, 6.45) is 6.89. The number of aliphatic hydroxyl groups is 1. The molecule has 10 nitrogen and oxygen atoms in total. The van der Waals surface area contributed by atoms with Crippen molar-refractivity contribution in [3.05, 3.63) is 77.3 Å². The molecule has 6 rings (SSSR count). The van der Waals surface area contributed by atoms with E-state index in [4.69, 9.17) is 9.40 Å². The highest BCUT2D eigenvalue weighted by molar-refractivity contribution is 6.00. The minimum atomic E-state index is -0.412. The maximum Gasteiger partial charge on any atom is 0.253 e. The van der Waals surface area contributed by atoms with Crippen LogP contribution in [0, 0.1) is 6.92 Å². The first-order chi connectivity index (χ1) is 18.5. The lowest BCUT2D eigenvalue weighted by Gasteiger charge is -2.34. The zero-order chi connectivity index (χ0) is 26.1. The van der Waals surface area contributed by atoms with Crippen molar-refractivity contribution in [2.24, 2.45) is 0 Å². The molecule has 194 valence electrons. The maximum atomic E-state index is 12.7. The number of hydrogen-bond donors (Lipinski definition) is 4. The minimum absolute atomic E-state index is 0.00801. The van der Waals surface area contributed by atoms with Gasteiger partial charge in [-0.25, -0.2) is 4.98 Å². The largest absolute Gasteiger partial charge is 0.421 e. The fourth-order valence-corrected chi connectivity index (χ4v) is 5.45. The van der Waals surface area contributed by atoms with Gasteiger partial charge in [-0.3, -0.25) is 4.79 Å². The van der Waals surface area contributed by atoms with E-state index >= 15 is 0 Å². The van der Waals surface area contributed by atoms with E-state index in [-0.39, 0.29) is 23.9 Å². The molecule has 1 aliphatic heterocycles. The third-order valence-corrected chi connectivity index (χ3v) is 7.34. The number of aryl methyl sites for hydroxylation is 1. The van der Waals surface area contributed by atoms with Gasteiger partial charge in [0.05, 0.1) is 23.8 Å². The van der Waals surface area contributed by atoms with Gasteiger partial charge in [0.1, 0.15) is 5.82 Å². The minimum Gasteiger partial charge on any atom is -0.421 e. The zero-order valence-corrected chi connectivity index (χ0v) is 21.1. The highest BCUT2D eigenvalue weighted by Gasteiger charge is 2.43. The molecular weight excluding hydrogens is 482 g/mol. The van der Waals surface area contributed by atoms with Crippen LogP contribution in [0.4, 0.5) is 17.5 Å². The van der Waals surface area contributed by atoms with E-state index in [0.29, 0.717) is 23.2 Å². The molecular formula is C28H29N7O3. The molecule has 38 heavy (non-hydrogen) atoms. The van der Waals surface area contributed by atoms with Crippen molar-refractivity contribution in [3.8, 4) is 11.5 Å². The molecule has 0 saturated heterocycles. The Hall–Kier alpha value is -4.31. The van der Waals surface area contributed by atoms with Gasteiger partial charge >= 0.3 is 0 Å². The van der Waals surface area contributed by atoms with E-state index < -0.39 is 6.04 Å². The Kier molecular flexibility index (Phi) is 6.24. The Balaban J connectivity index is 1.34. The predicted molar refractivity (Wildman–Crippen MR) is 142 cm³/mol. The summed E-state index contributed by atoms with van der Waals surface area (Å²) in [6.45, 7) is 1.57. The first-order valence-electron chi connectivity index (χ1n) is 12.9. The number of benzene rings is 2. The van der Waals surface area contributed by atoms with Gasteiger partial charge < -0.3 is 25.5 Å². The number of carbonyl (C=O) groups is 1. The van der Waals surface area contributed by atoms with Crippen LogP contribution in [0.25, 0.3) is 11.5 Å². The summed E-state index contributed by atoms with van der Waals surface area (Å²) >= 11 is 0. The van der Waals surface area contributed by atoms with Gasteiger partial charge in [-0.1, -0.05) is 49.6 Å². The monoisotopic (exact) mass is 511 g/mol. The number of amides is 1. The fraction of sp³-hybridized carbons (Fsp3) is 0.321. The molecule has 1 amide bonds. The summed E-state index contributed by atoms with van der Waals surface area (Å²) in [5.74, 6) is 1.49. The molecule has 1 spiro atoms. The molecule has 4 aromatic rings. The molecule has 1 aliphatic carbocycles. The Morgan fingerprint density at radius 1 is 1.08 bits per heavy atom. The Bertz CT molecular complexity index is 1460. The van der Waals surface area contributed by atoms with Crippen molar-refractivity contribution in [2.75, 3.05) is 17.2 Å². The van der Waals surface area contributed by atoms with Crippen molar-refractivity contribution >= 4 is 23.4 Å². The summed E-state index contributed by atoms with van der Waals surface area (Å²) in [5, 5.41) is 28.1. The molecule has 2 aliphatic rings. The SMILES string of the molecule is Cc1nnc(-c2cnc(Nc3ccc4c(c3)C3(CCCCC3)NC4=O)nc2N[C@H](CO)c2ccccc2)o1. The lowest BCUT2D eigenvalue weighted by molar-refractivity contribution is 0.0909. The topological polar surface area (TPSA) is 138 Å². The Morgan fingerprint density at radius 2 is 1.89 bits per heavy atom. The number of fused-ring (bicyclic) bond motifs is 2. The van der Waals surface area contributed by atoms with E-state index in [1.807, 2.05) is 48.5 Å². The number of aliphatic hydroxyl groups excluding tert-OH is 1. The Morgan fingerprint density at radius 3 is 2.63 bits per heavy atom. The highest BCUT2D eigenvalue weighted by Crippen LogP contribution is 2.43. The van der Waals surface area contributed by atoms with Crippen molar-refractivity contribution in [3.63, 3.8) is 0 Å². The van der Waals surface area contributed by atoms with Crippen LogP contribution in [0.1, 0.15) is 65.5 Å². The van der Waals surface area contributed by atoms with Gasteiger partial charge in [-0.05, 0) is 42.2 Å². The number of hydrogen-bond acceptors (Lipinski definition) is 9. The van der Waals surface area contributed by atoms with Gasteiger partial charge in [0, 0.05) is 24.4 Å². The second-order valence-electron chi connectivity index (χ2n) is 9.85. The van der Waals surface area contributed by atoms with Crippen LogP contribution < -0.4 is 16.0 Å². The molecule has 4 N–H and O–H groups in total. The molecule has 2 aromatic heterocycles. The van der Waals surface area contributed by atoms with E-state index in [1.54, 1.807) is 13.1 Å². The van der Waals surface area contributed by atoms with Crippen LogP contribution in [-0.4, -0.2) is 37.8 Å². The van der Waals surface area contributed by atoms with Crippen LogP contribution in [0.3, 0.4) is 0 Å². The van der Waals surface area contributed by atoms with Crippen LogP contribution in [0.15, 0.2) is 59.1 Å². The van der Waals surface area contributed by atoms with E-state index in [0.717, 1.165) is 48.1 Å². The molecule has 3 heterocycles. The molecule has 2 aromatic carbocycles. The zero-order valence-electron chi connectivity index (χ0n) is 21.1. The summed E-state index contributed by atoms with van der Waals surface area (Å²) in [6, 6.07) is 15.0. The first-order valence-corrected chi connectivity index (χ1v) is 12.9. The quantitative estimate of drug-likeness (QED) is 0.280. The van der Waals surface area contributed by atoms with Gasteiger partial charge in [0.15, 0.2) is 0 Å².